The largest absolute Gasteiger partial charge is 0.390 e. The van der Waals surface area contributed by atoms with Gasteiger partial charge in [-0.1, -0.05) is 23.7 Å². The average molecular weight is 413 g/mol. The summed E-state index contributed by atoms with van der Waals surface area (Å²) >= 11 is 5.74. The van der Waals surface area contributed by atoms with Crippen molar-refractivity contribution in [1.29, 1.82) is 0 Å². The number of carbonyl (C=O) groups excluding carboxylic acids is 2. The summed E-state index contributed by atoms with van der Waals surface area (Å²) in [6.07, 6.45) is -1.35. The first kappa shape index (κ1) is 19.4. The standard InChI is InChI=1S/C17H14ClFN2O5S/c18-14-7-10(19)5-6-15(14)27(25,26)20-8-11(22)9-21-16(23)12-3-1-2-4-13(12)17(21)24/h1-7,11,20,22H,8-9H2. The summed E-state index contributed by atoms with van der Waals surface area (Å²) in [5, 5.41) is 9.77. The van der Waals surface area contributed by atoms with Crippen LogP contribution in [0.1, 0.15) is 20.7 Å². The molecule has 0 aromatic heterocycles. The number of amides is 2. The van der Waals surface area contributed by atoms with E-state index >= 15 is 0 Å². The van der Waals surface area contributed by atoms with Crippen molar-refractivity contribution >= 4 is 33.4 Å². The predicted octanol–water partition coefficient (Wildman–Crippen LogP) is 1.41. The maximum atomic E-state index is 13.1. The smallest absolute Gasteiger partial charge is 0.261 e. The summed E-state index contributed by atoms with van der Waals surface area (Å²) in [7, 11) is -4.11. The number of halogens is 2. The Morgan fingerprint density at radius 3 is 2.26 bits per heavy atom. The number of carbonyl (C=O) groups is 2. The highest BCUT2D eigenvalue weighted by atomic mass is 35.5. The minimum absolute atomic E-state index is 0.230. The van der Waals surface area contributed by atoms with Gasteiger partial charge in [0.25, 0.3) is 11.8 Å². The fourth-order valence-corrected chi connectivity index (χ4v) is 4.26. The number of β-amino-alcohol motifs (C(OH)–C–C–N with tert-alkyl or cyclic N) is 1. The van der Waals surface area contributed by atoms with Crippen LogP contribution in [0.2, 0.25) is 5.02 Å². The van der Waals surface area contributed by atoms with Crippen molar-refractivity contribution in [2.24, 2.45) is 0 Å². The summed E-state index contributed by atoms with van der Waals surface area (Å²) in [5.74, 6) is -1.80. The van der Waals surface area contributed by atoms with E-state index < -0.39 is 40.3 Å². The third-order valence-electron chi connectivity index (χ3n) is 3.96. The van der Waals surface area contributed by atoms with E-state index in [-0.39, 0.29) is 27.6 Å². The molecule has 2 aromatic rings. The van der Waals surface area contributed by atoms with Gasteiger partial charge in [0.15, 0.2) is 0 Å². The average Bonchev–Trinajstić information content (AvgIpc) is 2.85. The van der Waals surface area contributed by atoms with Crippen LogP contribution in [-0.4, -0.2) is 49.4 Å². The molecule has 2 amide bonds. The molecule has 1 heterocycles. The molecule has 142 valence electrons. The summed E-state index contributed by atoms with van der Waals surface area (Å²) in [6, 6.07) is 9.02. The molecule has 7 nitrogen and oxygen atoms in total. The number of aliphatic hydroxyl groups is 1. The lowest BCUT2D eigenvalue weighted by atomic mass is 10.1. The number of benzene rings is 2. The molecule has 1 atom stereocenters. The van der Waals surface area contributed by atoms with Crippen molar-refractivity contribution in [3.63, 3.8) is 0 Å². The molecule has 10 heteroatoms. The van der Waals surface area contributed by atoms with E-state index in [0.717, 1.165) is 23.1 Å². The minimum Gasteiger partial charge on any atom is -0.390 e. The number of aliphatic hydroxyl groups excluding tert-OH is 1. The van der Waals surface area contributed by atoms with Gasteiger partial charge in [-0.25, -0.2) is 17.5 Å². The lowest BCUT2D eigenvalue weighted by Gasteiger charge is -2.19. The third kappa shape index (κ3) is 3.86. The van der Waals surface area contributed by atoms with Crippen LogP contribution in [0.25, 0.3) is 0 Å². The van der Waals surface area contributed by atoms with Gasteiger partial charge < -0.3 is 5.11 Å². The molecular weight excluding hydrogens is 399 g/mol. The molecule has 0 spiro atoms. The number of nitrogens with one attached hydrogen (secondary N) is 1. The van der Waals surface area contributed by atoms with Gasteiger partial charge in [-0.05, 0) is 30.3 Å². The van der Waals surface area contributed by atoms with Crippen LogP contribution in [0.4, 0.5) is 4.39 Å². The second-order valence-corrected chi connectivity index (χ2v) is 7.99. The van der Waals surface area contributed by atoms with E-state index in [1.807, 2.05) is 0 Å². The monoisotopic (exact) mass is 412 g/mol. The van der Waals surface area contributed by atoms with Crippen molar-refractivity contribution < 1.29 is 27.5 Å². The molecule has 0 saturated heterocycles. The van der Waals surface area contributed by atoms with Crippen molar-refractivity contribution in [3.05, 3.63) is 64.4 Å². The molecule has 3 rings (SSSR count). The minimum atomic E-state index is -4.11. The number of sulfonamides is 1. The molecule has 27 heavy (non-hydrogen) atoms. The van der Waals surface area contributed by atoms with E-state index in [4.69, 9.17) is 11.6 Å². The quantitative estimate of drug-likeness (QED) is 0.698. The molecule has 0 saturated carbocycles. The van der Waals surface area contributed by atoms with Gasteiger partial charge in [0.05, 0.1) is 28.8 Å². The van der Waals surface area contributed by atoms with Crippen LogP contribution in [0, 0.1) is 5.82 Å². The number of fused-ring (bicyclic) bond motifs is 1. The second-order valence-electron chi connectivity index (χ2n) is 5.85. The first-order valence-corrected chi connectivity index (χ1v) is 9.65. The number of nitrogens with zero attached hydrogens (tertiary/aromatic N) is 1. The van der Waals surface area contributed by atoms with Gasteiger partial charge in [0, 0.05) is 6.54 Å². The van der Waals surface area contributed by atoms with Gasteiger partial charge in [-0.2, -0.15) is 0 Å². The zero-order valence-electron chi connectivity index (χ0n) is 13.7. The molecule has 0 bridgehead atoms. The van der Waals surface area contributed by atoms with Crippen molar-refractivity contribution in [3.8, 4) is 0 Å². The van der Waals surface area contributed by atoms with Crippen LogP contribution < -0.4 is 4.72 Å². The fourth-order valence-electron chi connectivity index (χ4n) is 2.66. The van der Waals surface area contributed by atoms with E-state index in [9.17, 15) is 27.5 Å². The van der Waals surface area contributed by atoms with Crippen LogP contribution in [0.3, 0.4) is 0 Å². The summed E-state index contributed by atoms with van der Waals surface area (Å²) < 4.78 is 39.7. The Morgan fingerprint density at radius 1 is 1.11 bits per heavy atom. The lowest BCUT2D eigenvalue weighted by Crippen LogP contribution is -2.42. The van der Waals surface area contributed by atoms with Crippen molar-refractivity contribution in [2.75, 3.05) is 13.1 Å². The Labute approximate surface area is 159 Å². The number of imide groups is 1. The van der Waals surface area contributed by atoms with Gasteiger partial charge in [-0.3, -0.25) is 14.5 Å². The van der Waals surface area contributed by atoms with E-state index in [0.29, 0.717) is 0 Å². The molecule has 2 aromatic carbocycles. The van der Waals surface area contributed by atoms with Gasteiger partial charge in [0.2, 0.25) is 10.0 Å². The zero-order chi connectivity index (χ0) is 19.8. The maximum absolute atomic E-state index is 13.1. The predicted molar refractivity (Wildman–Crippen MR) is 94.4 cm³/mol. The van der Waals surface area contributed by atoms with E-state index in [1.165, 1.54) is 12.1 Å². The molecule has 1 unspecified atom stereocenters. The molecule has 1 aliphatic heterocycles. The topological polar surface area (TPSA) is 104 Å². The van der Waals surface area contributed by atoms with Crippen LogP contribution >= 0.6 is 11.6 Å². The summed E-state index contributed by atoms with van der Waals surface area (Å²) in [4.78, 5) is 25.0. The van der Waals surface area contributed by atoms with Gasteiger partial charge in [0.1, 0.15) is 10.7 Å². The Bertz CT molecular complexity index is 993. The molecule has 1 aliphatic rings. The Kier molecular flexibility index (Phi) is 5.29. The van der Waals surface area contributed by atoms with Crippen LogP contribution in [0.5, 0.6) is 0 Å². The second kappa shape index (κ2) is 7.35. The highest BCUT2D eigenvalue weighted by molar-refractivity contribution is 7.89. The first-order valence-electron chi connectivity index (χ1n) is 7.78. The molecule has 0 fully saturated rings. The Hall–Kier alpha value is -2.33. The molecule has 0 aliphatic carbocycles. The fraction of sp³-hybridized carbons (Fsp3) is 0.176. The molecular formula is C17H14ClFN2O5S. The van der Waals surface area contributed by atoms with Crippen LogP contribution in [-0.2, 0) is 10.0 Å². The van der Waals surface area contributed by atoms with Gasteiger partial charge in [-0.15, -0.1) is 0 Å². The summed E-state index contributed by atoms with van der Waals surface area (Å²) in [6.45, 7) is -0.852. The SMILES string of the molecule is O=C1c2ccccc2C(=O)N1CC(O)CNS(=O)(=O)c1ccc(F)cc1Cl. The Morgan fingerprint density at radius 2 is 1.70 bits per heavy atom. The third-order valence-corrected chi connectivity index (χ3v) is 5.87. The Balaban J connectivity index is 1.66. The zero-order valence-corrected chi connectivity index (χ0v) is 15.3. The highest BCUT2D eigenvalue weighted by Gasteiger charge is 2.36. The van der Waals surface area contributed by atoms with Crippen molar-refractivity contribution in [2.45, 2.75) is 11.0 Å². The lowest BCUT2D eigenvalue weighted by molar-refractivity contribution is 0.0550. The maximum Gasteiger partial charge on any atom is 0.261 e. The number of rotatable bonds is 6. The van der Waals surface area contributed by atoms with Crippen molar-refractivity contribution in [1.82, 2.24) is 9.62 Å². The van der Waals surface area contributed by atoms with E-state index in [1.54, 1.807) is 12.1 Å². The summed E-state index contributed by atoms with van der Waals surface area (Å²) in [5.41, 5.74) is 0.460. The van der Waals surface area contributed by atoms with Crippen LogP contribution in [0.15, 0.2) is 47.4 Å². The molecule has 0 radical (unpaired) electrons. The normalized spacial score (nSPS) is 15.1. The first-order chi connectivity index (χ1) is 12.7. The van der Waals surface area contributed by atoms with E-state index in [2.05, 4.69) is 4.72 Å². The number of hydrogen-bond acceptors (Lipinski definition) is 5. The van der Waals surface area contributed by atoms with Gasteiger partial charge >= 0.3 is 0 Å². The number of hydrogen-bond donors (Lipinski definition) is 2. The highest BCUT2D eigenvalue weighted by Crippen LogP contribution is 2.23. The molecule has 2 N–H and O–H groups in total.